The van der Waals surface area contributed by atoms with E-state index in [0.717, 1.165) is 55.9 Å². The molecule has 5 aliphatic rings. The number of fused-ring (bicyclic) bond motifs is 27. The van der Waals surface area contributed by atoms with Crippen molar-refractivity contribution in [1.29, 1.82) is 0 Å². The quantitative estimate of drug-likeness (QED) is 0.176. The number of anilines is 3. The summed E-state index contributed by atoms with van der Waals surface area (Å²) in [7, 11) is 0. The van der Waals surface area contributed by atoms with Crippen LogP contribution in [0.3, 0.4) is 0 Å². The van der Waals surface area contributed by atoms with E-state index in [-0.39, 0.29) is 16.2 Å². The summed E-state index contributed by atoms with van der Waals surface area (Å²) in [6, 6.07) is 87.6. The third kappa shape index (κ3) is 5.89. The monoisotopic (exact) mass is 1100 g/mol. The Balaban J connectivity index is 0.833. The van der Waals surface area contributed by atoms with E-state index >= 15 is 0 Å². The zero-order chi connectivity index (χ0) is 57.5. The summed E-state index contributed by atoms with van der Waals surface area (Å²) in [5.41, 5.74) is 35.6. The van der Waals surface area contributed by atoms with Crippen molar-refractivity contribution in [1.82, 2.24) is 0 Å². The van der Waals surface area contributed by atoms with Crippen LogP contribution in [-0.2, 0) is 21.7 Å². The Bertz CT molecular complexity index is 5340. The molecule has 0 bridgehead atoms. The molecule has 86 heavy (non-hydrogen) atoms. The second-order valence-corrected chi connectivity index (χ2v) is 26.7. The topological polar surface area (TPSA) is 29.5 Å². The largest absolute Gasteiger partial charge is 0.456 e. The molecular formula is C83H59NO2. The van der Waals surface area contributed by atoms with Crippen LogP contribution in [0.15, 0.2) is 239 Å². The molecule has 0 saturated carbocycles. The fourth-order valence-electron chi connectivity index (χ4n) is 17.2. The fourth-order valence-corrected chi connectivity index (χ4v) is 17.2. The Morgan fingerprint density at radius 2 is 0.733 bits per heavy atom. The molecule has 408 valence electrons. The predicted octanol–water partition coefficient (Wildman–Crippen LogP) is 22.2. The first-order chi connectivity index (χ1) is 41.8. The second-order valence-electron chi connectivity index (χ2n) is 26.7. The summed E-state index contributed by atoms with van der Waals surface area (Å²) in [6.45, 7) is 16.7. The molecule has 0 radical (unpaired) electrons. The maximum absolute atomic E-state index is 6.94. The molecule has 5 aliphatic carbocycles. The van der Waals surface area contributed by atoms with Crippen LogP contribution in [0.4, 0.5) is 17.1 Å². The number of aryl methyl sites for hydroxylation is 1. The van der Waals surface area contributed by atoms with Gasteiger partial charge in [0.25, 0.3) is 0 Å². The minimum Gasteiger partial charge on any atom is -0.456 e. The van der Waals surface area contributed by atoms with Crippen LogP contribution >= 0.6 is 0 Å². The number of benzene rings is 12. The molecule has 1 spiro atoms. The lowest BCUT2D eigenvalue weighted by molar-refractivity contribution is 0.651. The van der Waals surface area contributed by atoms with Gasteiger partial charge in [0.2, 0.25) is 0 Å². The van der Waals surface area contributed by atoms with E-state index in [2.05, 4.69) is 284 Å². The number of para-hydroxylation sites is 2. The van der Waals surface area contributed by atoms with Crippen molar-refractivity contribution in [3.63, 3.8) is 0 Å². The number of rotatable bonds is 4. The molecule has 3 nitrogen and oxygen atoms in total. The second kappa shape index (κ2) is 16.3. The Hall–Kier alpha value is -9.96. The standard InChI is InChI=1S/C83H59NO2/c1-46-28-30-47(31-29-46)59-43-71-75(78-58-22-12-17-27-73(58)86-79(59)78)56-37-34-49(41-67(56)82(71,6)7)84(50-32-35-54-53-20-10-15-25-64(53)83(70(54)42-50)62-23-13-8-18-51(62)52-19-9-14-24-63(52)83)48-33-36-55-60-44-69-61(45-68(60)81(4,5)66(55)40-48)76-65(80(69,2)3)38-39-74-77(76)57-21-11-16-26-72(57)85-74/h8-45H,1-7H3. The Kier molecular flexibility index (Phi) is 9.16. The van der Waals surface area contributed by atoms with Gasteiger partial charge in [0.1, 0.15) is 22.3 Å². The fraction of sp³-hybridized carbons (Fsp3) is 0.133. The van der Waals surface area contributed by atoms with Gasteiger partial charge in [0.05, 0.1) is 5.41 Å². The van der Waals surface area contributed by atoms with Crippen LogP contribution in [0.5, 0.6) is 0 Å². The molecule has 0 atom stereocenters. The van der Waals surface area contributed by atoms with Crippen LogP contribution in [-0.4, -0.2) is 0 Å². The molecule has 19 rings (SSSR count). The molecule has 3 heteroatoms. The minimum absolute atomic E-state index is 0.208. The molecular weight excluding hydrogens is 1040 g/mol. The lowest BCUT2D eigenvalue weighted by Gasteiger charge is -2.33. The Labute approximate surface area is 500 Å². The molecule has 2 aromatic heterocycles. The van der Waals surface area contributed by atoms with Gasteiger partial charge in [-0.15, -0.1) is 0 Å². The van der Waals surface area contributed by atoms with E-state index in [1.54, 1.807) is 0 Å². The van der Waals surface area contributed by atoms with Crippen LogP contribution in [0, 0.1) is 6.92 Å². The van der Waals surface area contributed by atoms with E-state index in [9.17, 15) is 0 Å². The van der Waals surface area contributed by atoms with Gasteiger partial charge in [-0.3, -0.25) is 0 Å². The Morgan fingerprint density at radius 1 is 0.291 bits per heavy atom. The van der Waals surface area contributed by atoms with Gasteiger partial charge in [-0.1, -0.05) is 205 Å². The van der Waals surface area contributed by atoms with Crippen molar-refractivity contribution >= 4 is 60.9 Å². The summed E-state index contributed by atoms with van der Waals surface area (Å²) >= 11 is 0. The molecule has 12 aromatic carbocycles. The summed E-state index contributed by atoms with van der Waals surface area (Å²) in [6.07, 6.45) is 0. The van der Waals surface area contributed by atoms with E-state index < -0.39 is 5.41 Å². The predicted molar refractivity (Wildman–Crippen MR) is 355 cm³/mol. The van der Waals surface area contributed by atoms with E-state index in [0.29, 0.717) is 0 Å². The van der Waals surface area contributed by atoms with Gasteiger partial charge >= 0.3 is 0 Å². The maximum atomic E-state index is 6.94. The van der Waals surface area contributed by atoms with Crippen LogP contribution in [0.25, 0.3) is 111 Å². The summed E-state index contributed by atoms with van der Waals surface area (Å²) < 4.78 is 13.5. The Morgan fingerprint density at radius 3 is 1.37 bits per heavy atom. The third-order valence-corrected chi connectivity index (χ3v) is 21.3. The van der Waals surface area contributed by atoms with Gasteiger partial charge in [-0.2, -0.15) is 0 Å². The van der Waals surface area contributed by atoms with Crippen LogP contribution in [0.2, 0.25) is 0 Å². The van der Waals surface area contributed by atoms with E-state index in [4.69, 9.17) is 8.83 Å². The highest BCUT2D eigenvalue weighted by Gasteiger charge is 2.52. The molecule has 0 fully saturated rings. The van der Waals surface area contributed by atoms with Gasteiger partial charge < -0.3 is 13.7 Å². The van der Waals surface area contributed by atoms with Crippen molar-refractivity contribution in [2.24, 2.45) is 0 Å². The highest BCUT2D eigenvalue weighted by molar-refractivity contribution is 6.19. The highest BCUT2D eigenvalue weighted by atomic mass is 16.3. The number of nitrogens with zero attached hydrogens (tertiary/aromatic N) is 1. The van der Waals surface area contributed by atoms with Gasteiger partial charge in [-0.05, 0) is 197 Å². The molecule has 0 N–H and O–H groups in total. The van der Waals surface area contributed by atoms with Crippen LogP contribution < -0.4 is 4.90 Å². The van der Waals surface area contributed by atoms with Crippen molar-refractivity contribution in [3.8, 4) is 66.8 Å². The van der Waals surface area contributed by atoms with Gasteiger partial charge in [0.15, 0.2) is 0 Å². The van der Waals surface area contributed by atoms with Gasteiger partial charge in [0, 0.05) is 60.4 Å². The first kappa shape index (κ1) is 48.4. The molecule has 14 aromatic rings. The van der Waals surface area contributed by atoms with Crippen molar-refractivity contribution in [3.05, 3.63) is 292 Å². The molecule has 0 unspecified atom stereocenters. The summed E-state index contributed by atoms with van der Waals surface area (Å²) in [5, 5.41) is 4.72. The molecule has 2 heterocycles. The maximum Gasteiger partial charge on any atom is 0.143 e. The number of hydrogen-bond donors (Lipinski definition) is 0. The highest BCUT2D eigenvalue weighted by Crippen LogP contribution is 2.65. The zero-order valence-corrected chi connectivity index (χ0v) is 49.2. The van der Waals surface area contributed by atoms with Crippen molar-refractivity contribution < 1.29 is 8.83 Å². The van der Waals surface area contributed by atoms with E-state index in [1.807, 2.05) is 0 Å². The molecule has 0 amide bonds. The van der Waals surface area contributed by atoms with Crippen LogP contribution in [0.1, 0.15) is 103 Å². The van der Waals surface area contributed by atoms with Crippen molar-refractivity contribution in [2.45, 2.75) is 70.1 Å². The normalized spacial score (nSPS) is 15.8. The summed E-state index contributed by atoms with van der Waals surface area (Å²) in [4.78, 5) is 2.57. The lowest BCUT2D eigenvalue weighted by atomic mass is 9.70. The average Bonchev–Trinajstić information content (AvgIpc) is 1.57. The first-order valence-corrected chi connectivity index (χ1v) is 30.6. The van der Waals surface area contributed by atoms with Crippen molar-refractivity contribution in [2.75, 3.05) is 4.90 Å². The first-order valence-electron chi connectivity index (χ1n) is 30.6. The zero-order valence-electron chi connectivity index (χ0n) is 49.2. The molecule has 0 saturated heterocycles. The summed E-state index contributed by atoms with van der Waals surface area (Å²) in [5.74, 6) is 0. The van der Waals surface area contributed by atoms with E-state index in [1.165, 1.54) is 133 Å². The van der Waals surface area contributed by atoms with Gasteiger partial charge in [-0.25, -0.2) is 0 Å². The lowest BCUT2D eigenvalue weighted by Crippen LogP contribution is -2.26. The number of hydrogen-bond acceptors (Lipinski definition) is 3. The molecule has 0 aliphatic heterocycles. The average molecular weight is 1100 g/mol. The SMILES string of the molecule is Cc1ccc(-c2cc3c(c4c2oc2ccccc24)-c2ccc(N(c4ccc5c(c4)C(C)(C)c4cc6c(cc4-5)C(C)(C)c4ccc5oc7ccccc7c5c4-6)c4ccc5c(c4)C4(c6ccccc6-c6ccccc64)c4ccccc4-5)cc2C3(C)C)cc1. The smallest absolute Gasteiger partial charge is 0.143 e. The third-order valence-electron chi connectivity index (χ3n) is 21.3. The minimum atomic E-state index is -0.501. The number of furan rings is 2.